The number of benzene rings is 2. The molecule has 28 heavy (non-hydrogen) atoms. The molecule has 2 aromatic rings. The van der Waals surface area contributed by atoms with Crippen molar-refractivity contribution in [3.63, 3.8) is 0 Å². The van der Waals surface area contributed by atoms with Gasteiger partial charge in [-0.2, -0.15) is 5.26 Å². The summed E-state index contributed by atoms with van der Waals surface area (Å²) in [6.45, 7) is 0.146. The van der Waals surface area contributed by atoms with Crippen molar-refractivity contribution in [1.29, 1.82) is 5.26 Å². The van der Waals surface area contributed by atoms with Gasteiger partial charge in [0, 0.05) is 12.3 Å². The molecule has 0 aromatic heterocycles. The Bertz CT molecular complexity index is 1040. The number of methoxy groups -OCH3 is 1. The van der Waals surface area contributed by atoms with E-state index in [-0.39, 0.29) is 18.2 Å². The molecule has 1 unspecified atom stereocenters. The summed E-state index contributed by atoms with van der Waals surface area (Å²) in [7, 11) is 1.31. The number of hydrogen-bond donors (Lipinski definition) is 1. The molecule has 2 aliphatic rings. The third kappa shape index (κ3) is 2.81. The van der Waals surface area contributed by atoms with Gasteiger partial charge in [0.1, 0.15) is 5.82 Å². The molecule has 0 bridgehead atoms. The molecule has 0 aliphatic carbocycles. The molecule has 2 aromatic carbocycles. The van der Waals surface area contributed by atoms with Crippen molar-refractivity contribution in [3.8, 4) is 17.6 Å². The van der Waals surface area contributed by atoms with Crippen LogP contribution in [0.4, 0.5) is 5.69 Å². The van der Waals surface area contributed by atoms with Crippen molar-refractivity contribution in [2.45, 2.75) is 5.92 Å². The van der Waals surface area contributed by atoms with E-state index < -0.39 is 11.9 Å². The molecule has 1 atom stereocenters. The number of anilines is 1. The van der Waals surface area contributed by atoms with E-state index in [4.69, 9.17) is 19.9 Å². The van der Waals surface area contributed by atoms with Crippen molar-refractivity contribution in [2.75, 3.05) is 18.8 Å². The minimum absolute atomic E-state index is 0.146. The molecule has 4 rings (SSSR count). The Hall–Kier alpha value is -3.92. The number of carbonyl (C=O) groups excluding carboxylic acids is 1. The van der Waals surface area contributed by atoms with Gasteiger partial charge in [0.15, 0.2) is 11.5 Å². The zero-order valence-electron chi connectivity index (χ0n) is 15.1. The topological polar surface area (TPSA) is 97.8 Å². The lowest BCUT2D eigenvalue weighted by molar-refractivity contribution is -0.136. The van der Waals surface area contributed by atoms with Crippen LogP contribution in [0.3, 0.4) is 0 Å². The van der Waals surface area contributed by atoms with Gasteiger partial charge in [-0.1, -0.05) is 30.3 Å². The second-order valence-corrected chi connectivity index (χ2v) is 6.24. The fourth-order valence-electron chi connectivity index (χ4n) is 3.37. The third-order valence-corrected chi connectivity index (χ3v) is 4.71. The summed E-state index contributed by atoms with van der Waals surface area (Å²) < 4.78 is 15.7. The molecule has 7 heteroatoms. The average Bonchev–Trinajstić information content (AvgIpc) is 3.21. The van der Waals surface area contributed by atoms with Gasteiger partial charge in [0.25, 0.3) is 0 Å². The molecule has 0 radical (unpaired) electrons. The Labute approximate surface area is 161 Å². The Balaban J connectivity index is 1.86. The Morgan fingerprint density at radius 1 is 1.21 bits per heavy atom. The Kier molecular flexibility index (Phi) is 4.38. The van der Waals surface area contributed by atoms with Crippen LogP contribution in [0.25, 0.3) is 0 Å². The second-order valence-electron chi connectivity index (χ2n) is 6.24. The molecule has 0 fully saturated rings. The van der Waals surface area contributed by atoms with Gasteiger partial charge in [-0.25, -0.2) is 4.79 Å². The fourth-order valence-corrected chi connectivity index (χ4v) is 3.37. The van der Waals surface area contributed by atoms with E-state index >= 15 is 0 Å². The molecule has 0 amide bonds. The lowest BCUT2D eigenvalue weighted by Gasteiger charge is -2.32. The van der Waals surface area contributed by atoms with Crippen molar-refractivity contribution >= 4 is 11.7 Å². The number of fused-ring (bicyclic) bond motifs is 1. The number of nitrogens with zero attached hydrogens (tertiary/aromatic N) is 2. The van der Waals surface area contributed by atoms with E-state index in [0.29, 0.717) is 22.8 Å². The molecule has 0 spiro atoms. The molecule has 0 saturated heterocycles. The van der Waals surface area contributed by atoms with E-state index in [9.17, 15) is 10.1 Å². The van der Waals surface area contributed by atoms with Crippen molar-refractivity contribution in [2.24, 2.45) is 5.73 Å². The summed E-state index contributed by atoms with van der Waals surface area (Å²) in [5.74, 6) is 0.303. The first-order valence-corrected chi connectivity index (χ1v) is 8.57. The highest BCUT2D eigenvalue weighted by Gasteiger charge is 2.35. The first kappa shape index (κ1) is 17.5. The molecular weight excluding hydrogens is 358 g/mol. The summed E-state index contributed by atoms with van der Waals surface area (Å²) in [4.78, 5) is 14.1. The third-order valence-electron chi connectivity index (χ3n) is 4.71. The normalized spacial score (nSPS) is 17.8. The average molecular weight is 375 g/mol. The van der Waals surface area contributed by atoms with Gasteiger partial charge in [0.05, 0.1) is 35.9 Å². The Morgan fingerprint density at radius 2 is 1.96 bits per heavy atom. The van der Waals surface area contributed by atoms with E-state index in [2.05, 4.69) is 6.07 Å². The van der Waals surface area contributed by atoms with Crippen LogP contribution in [0.5, 0.6) is 11.5 Å². The van der Waals surface area contributed by atoms with E-state index in [1.165, 1.54) is 7.11 Å². The monoisotopic (exact) mass is 375 g/mol. The number of nitriles is 1. The Morgan fingerprint density at radius 3 is 2.68 bits per heavy atom. The maximum atomic E-state index is 12.5. The number of esters is 1. The fraction of sp³-hybridized carbons (Fsp3) is 0.143. The summed E-state index contributed by atoms with van der Waals surface area (Å²) >= 11 is 0. The molecule has 140 valence electrons. The van der Waals surface area contributed by atoms with Gasteiger partial charge in [-0.3, -0.25) is 0 Å². The van der Waals surface area contributed by atoms with Crippen LogP contribution in [-0.4, -0.2) is 19.9 Å². The lowest BCUT2D eigenvalue weighted by Crippen LogP contribution is -2.33. The highest BCUT2D eigenvalue weighted by atomic mass is 16.7. The second kappa shape index (κ2) is 7.00. The van der Waals surface area contributed by atoms with Crippen LogP contribution in [0.1, 0.15) is 11.5 Å². The number of nitrogens with two attached hydrogens (primary N) is 1. The summed E-state index contributed by atoms with van der Waals surface area (Å²) in [6, 6.07) is 16.7. The zero-order valence-corrected chi connectivity index (χ0v) is 15.1. The molecule has 7 nitrogen and oxygen atoms in total. The van der Waals surface area contributed by atoms with Crippen LogP contribution in [0.2, 0.25) is 0 Å². The quantitative estimate of drug-likeness (QED) is 0.824. The highest BCUT2D eigenvalue weighted by Crippen LogP contribution is 2.41. The number of hydrogen-bond acceptors (Lipinski definition) is 7. The lowest BCUT2D eigenvalue weighted by atomic mass is 9.83. The first-order valence-electron chi connectivity index (χ1n) is 8.57. The summed E-state index contributed by atoms with van der Waals surface area (Å²) in [5.41, 5.74) is 8.37. The number of allylic oxidation sites excluding steroid dienone is 1. The number of carbonyl (C=O) groups is 1. The summed E-state index contributed by atoms with van der Waals surface area (Å²) in [5, 5.41) is 9.85. The van der Waals surface area contributed by atoms with Gasteiger partial charge < -0.3 is 24.8 Å². The van der Waals surface area contributed by atoms with E-state index in [1.807, 2.05) is 30.3 Å². The van der Waals surface area contributed by atoms with E-state index in [1.54, 1.807) is 29.3 Å². The highest BCUT2D eigenvalue weighted by molar-refractivity contribution is 5.93. The van der Waals surface area contributed by atoms with Gasteiger partial charge >= 0.3 is 5.97 Å². The smallest absolute Gasteiger partial charge is 0.336 e. The van der Waals surface area contributed by atoms with Crippen LogP contribution in [-0.2, 0) is 9.53 Å². The minimum atomic E-state index is -0.607. The number of ether oxygens (including phenoxy) is 3. The van der Waals surface area contributed by atoms with Crippen molar-refractivity contribution in [3.05, 3.63) is 77.3 Å². The van der Waals surface area contributed by atoms with Gasteiger partial charge in [-0.15, -0.1) is 0 Å². The molecular formula is C21H17N3O4. The number of rotatable bonds is 3. The van der Waals surface area contributed by atoms with Gasteiger partial charge in [-0.05, 0) is 17.7 Å². The van der Waals surface area contributed by atoms with Crippen LogP contribution < -0.4 is 20.1 Å². The van der Waals surface area contributed by atoms with Crippen LogP contribution in [0, 0.1) is 11.3 Å². The molecule has 0 saturated carbocycles. The maximum Gasteiger partial charge on any atom is 0.336 e. The van der Waals surface area contributed by atoms with Crippen molar-refractivity contribution in [1.82, 2.24) is 0 Å². The van der Waals surface area contributed by atoms with E-state index in [0.717, 1.165) is 5.56 Å². The van der Waals surface area contributed by atoms with Crippen LogP contribution in [0.15, 0.2) is 71.7 Å². The largest absolute Gasteiger partial charge is 0.466 e. The van der Waals surface area contributed by atoms with Crippen LogP contribution >= 0.6 is 0 Å². The minimum Gasteiger partial charge on any atom is -0.466 e. The summed E-state index contributed by atoms with van der Waals surface area (Å²) in [6.07, 6.45) is 1.61. The first-order chi connectivity index (χ1) is 13.6. The maximum absolute atomic E-state index is 12.5. The van der Waals surface area contributed by atoms with Crippen molar-refractivity contribution < 1.29 is 19.0 Å². The van der Waals surface area contributed by atoms with Gasteiger partial charge in [0.2, 0.25) is 6.79 Å². The molecule has 2 N–H and O–H groups in total. The zero-order chi connectivity index (χ0) is 19.7. The molecule has 2 heterocycles. The predicted molar refractivity (Wildman–Crippen MR) is 101 cm³/mol. The SMILES string of the molecule is COC(=O)C1=CN(c2ccc3c(c2)OCO3)C(N)=C(C#N)C1c1ccccc1. The molecule has 2 aliphatic heterocycles. The standard InChI is InChI=1S/C21H17N3O4/c1-26-21(25)16-11-24(14-7-8-17-18(9-14)28-12-27-17)20(23)15(10-22)19(16)13-5-3-2-4-6-13/h2-9,11,19H,12,23H2,1H3. The predicted octanol–water partition coefficient (Wildman–Crippen LogP) is 2.77.